The summed E-state index contributed by atoms with van der Waals surface area (Å²) in [5.74, 6) is -0.0267. The first-order valence-electron chi connectivity index (χ1n) is 23.1. The van der Waals surface area contributed by atoms with Crippen LogP contribution in [0.5, 0.6) is 0 Å². The maximum absolute atomic E-state index is 15.3. The summed E-state index contributed by atoms with van der Waals surface area (Å²) in [7, 11) is 11.3. The summed E-state index contributed by atoms with van der Waals surface area (Å²) in [5.41, 5.74) is -0.519. The Hall–Kier alpha value is -1.66. The van der Waals surface area contributed by atoms with Gasteiger partial charge in [-0.05, 0) is 83.5 Å². The van der Waals surface area contributed by atoms with Crippen molar-refractivity contribution in [1.29, 1.82) is 0 Å². The summed E-state index contributed by atoms with van der Waals surface area (Å²) in [6, 6.07) is 0. The Kier molecular flexibility index (Phi) is 14.2. The predicted molar refractivity (Wildman–Crippen MR) is 232 cm³/mol. The fourth-order valence-corrected chi connectivity index (χ4v) is 14.3. The molecule has 63 heavy (non-hydrogen) atoms. The van der Waals surface area contributed by atoms with E-state index in [1.165, 1.54) is 5.57 Å². The van der Waals surface area contributed by atoms with Gasteiger partial charge in [-0.3, -0.25) is 9.59 Å². The molecular weight excluding hydrogens is 813 g/mol. The molecule has 6 fully saturated rings. The van der Waals surface area contributed by atoms with Crippen LogP contribution in [0.4, 0.5) is 0 Å². The second kappa shape index (κ2) is 18.1. The summed E-state index contributed by atoms with van der Waals surface area (Å²) in [5, 5.41) is 0. The lowest BCUT2D eigenvalue weighted by Gasteiger charge is -2.65. The molecule has 14 heteroatoms. The van der Waals surface area contributed by atoms with Crippen molar-refractivity contribution in [2.45, 2.75) is 180 Å². The minimum absolute atomic E-state index is 0.00361. The number of hydrogen-bond donors (Lipinski definition) is 0. The highest BCUT2D eigenvalue weighted by Gasteiger charge is 2.75. The molecule has 0 unspecified atom stereocenters. The summed E-state index contributed by atoms with van der Waals surface area (Å²) in [6.45, 7) is 19.3. The molecule has 3 aliphatic heterocycles. The first kappa shape index (κ1) is 49.3. The van der Waals surface area contributed by atoms with Crippen LogP contribution < -0.4 is 0 Å². The molecule has 4 aliphatic carbocycles. The average molecular weight is 891 g/mol. The number of Topliss-reactive ketones (excluding diaryl/α,β-unsaturated/α-hetero) is 2. The van der Waals surface area contributed by atoms with E-state index in [0.717, 1.165) is 18.4 Å². The van der Waals surface area contributed by atoms with Crippen LogP contribution in [0, 0.1) is 39.4 Å². The fourth-order valence-electron chi connectivity index (χ4n) is 14.3. The molecule has 0 radical (unpaired) electrons. The third-order valence-electron chi connectivity index (χ3n) is 17.6. The normalized spacial score (nSPS) is 49.3. The van der Waals surface area contributed by atoms with Crippen LogP contribution in [0.1, 0.15) is 94.4 Å². The lowest BCUT2D eigenvalue weighted by atomic mass is 9.38. The van der Waals surface area contributed by atoms with Crippen molar-refractivity contribution in [3.63, 3.8) is 0 Å². The quantitative estimate of drug-likeness (QED) is 0.198. The third kappa shape index (κ3) is 7.70. The first-order chi connectivity index (χ1) is 29.7. The molecule has 7 aliphatic rings. The number of carbonyl (C=O) groups is 2. The number of rotatable bonds is 13. The second-order valence-electron chi connectivity index (χ2n) is 21.2. The van der Waals surface area contributed by atoms with Gasteiger partial charge in [0.05, 0.1) is 30.5 Å². The number of carbonyl (C=O) groups excluding carboxylic acids is 2. The lowest BCUT2D eigenvalue weighted by molar-refractivity contribution is -0.367. The molecule has 14 nitrogen and oxygen atoms in total. The van der Waals surface area contributed by atoms with E-state index in [9.17, 15) is 4.79 Å². The van der Waals surface area contributed by atoms with Crippen LogP contribution >= 0.6 is 0 Å². The number of hydrogen-bond acceptors (Lipinski definition) is 14. The van der Waals surface area contributed by atoms with Gasteiger partial charge in [-0.2, -0.15) is 0 Å². The van der Waals surface area contributed by atoms with Crippen molar-refractivity contribution < 1.29 is 66.4 Å². The standard InChI is InChI=1S/C49H78O14/c1-25(2)19-27-21-48(8,58-16)41-31(60-27)22-46(6)33-18-17-28-29(49(33,9)34(50)23-47(41,46)7)20-30(42(51)45(28,4)5)61-44-40(57-15)38(55-13)36(32(62-44)24-52-10)63-43-39(56-14)37(54-12)35(53-11)26(3)59-43/h17,19,26-27,29-33,35-41,43-44H,18,20-24H2,1-16H3/t26-,27-,29-,30-,31+,32+,33-,35-,36+,37+,38-,39+,40+,41-,43-,44-,46-,47+,48-,49-/m0/s1. The van der Waals surface area contributed by atoms with Gasteiger partial charge in [0.25, 0.3) is 0 Å². The van der Waals surface area contributed by atoms with Gasteiger partial charge in [-0.15, -0.1) is 0 Å². The van der Waals surface area contributed by atoms with E-state index in [1.54, 1.807) is 42.7 Å². The molecule has 0 bridgehead atoms. The number of ether oxygens (including phenoxy) is 12. The Morgan fingerprint density at radius 1 is 0.746 bits per heavy atom. The van der Waals surface area contributed by atoms with Crippen molar-refractivity contribution in [1.82, 2.24) is 0 Å². The molecule has 3 heterocycles. The minimum atomic E-state index is -1.05. The van der Waals surface area contributed by atoms with E-state index < -0.39 is 77.8 Å². The maximum Gasteiger partial charge on any atom is 0.187 e. The molecule has 7 rings (SSSR count). The van der Waals surface area contributed by atoms with Gasteiger partial charge in [0.15, 0.2) is 18.4 Å². The zero-order valence-electron chi connectivity index (χ0n) is 40.9. The molecule has 0 aromatic carbocycles. The highest BCUT2D eigenvalue weighted by Crippen LogP contribution is 2.75. The Morgan fingerprint density at radius 3 is 1.92 bits per heavy atom. The molecule has 0 spiro atoms. The number of fused-ring (bicyclic) bond motifs is 7. The third-order valence-corrected chi connectivity index (χ3v) is 17.6. The van der Waals surface area contributed by atoms with E-state index in [2.05, 4.69) is 53.7 Å². The van der Waals surface area contributed by atoms with E-state index in [4.69, 9.17) is 56.8 Å². The largest absolute Gasteiger partial charge is 0.382 e. The zero-order valence-corrected chi connectivity index (χ0v) is 40.9. The zero-order chi connectivity index (χ0) is 46.2. The van der Waals surface area contributed by atoms with Crippen LogP contribution in [0.25, 0.3) is 0 Å². The van der Waals surface area contributed by atoms with E-state index in [-0.39, 0.29) is 65.1 Å². The molecule has 0 amide bonds. The molecule has 3 saturated carbocycles. The molecule has 0 aromatic rings. The molecule has 3 saturated heterocycles. The van der Waals surface area contributed by atoms with Crippen LogP contribution in [0.2, 0.25) is 0 Å². The summed E-state index contributed by atoms with van der Waals surface area (Å²) < 4.78 is 75.5. The average Bonchev–Trinajstić information content (AvgIpc) is 3.46. The summed E-state index contributed by atoms with van der Waals surface area (Å²) in [4.78, 5) is 30.1. The van der Waals surface area contributed by atoms with Gasteiger partial charge < -0.3 is 56.8 Å². The Morgan fingerprint density at radius 2 is 1.35 bits per heavy atom. The Balaban J connectivity index is 1.18. The Labute approximate surface area is 376 Å². The molecule has 358 valence electrons. The lowest BCUT2D eigenvalue weighted by Crippen LogP contribution is -2.67. The molecular formula is C49H78O14. The van der Waals surface area contributed by atoms with Gasteiger partial charge in [0, 0.05) is 79.4 Å². The van der Waals surface area contributed by atoms with E-state index in [0.29, 0.717) is 19.3 Å². The van der Waals surface area contributed by atoms with Gasteiger partial charge in [0.2, 0.25) is 0 Å². The number of ketones is 2. The predicted octanol–water partition coefficient (Wildman–Crippen LogP) is 6.05. The Bertz CT molecular complexity index is 1740. The van der Waals surface area contributed by atoms with Gasteiger partial charge in [-0.25, -0.2) is 0 Å². The van der Waals surface area contributed by atoms with E-state index >= 15 is 4.79 Å². The maximum atomic E-state index is 15.3. The van der Waals surface area contributed by atoms with E-state index in [1.807, 2.05) is 27.9 Å². The van der Waals surface area contributed by atoms with Gasteiger partial charge in [0.1, 0.15) is 54.6 Å². The smallest absolute Gasteiger partial charge is 0.187 e. The van der Waals surface area contributed by atoms with Crippen LogP contribution in [0.3, 0.4) is 0 Å². The molecule has 0 N–H and O–H groups in total. The van der Waals surface area contributed by atoms with Crippen molar-refractivity contribution in [3.8, 4) is 0 Å². The minimum Gasteiger partial charge on any atom is -0.382 e. The molecule has 0 aromatic heterocycles. The van der Waals surface area contributed by atoms with Crippen LogP contribution in [0.15, 0.2) is 23.3 Å². The molecule has 20 atom stereocenters. The highest BCUT2D eigenvalue weighted by molar-refractivity contribution is 5.95. The number of methoxy groups -OCH3 is 7. The summed E-state index contributed by atoms with van der Waals surface area (Å²) in [6.07, 6.45) is -0.443. The number of allylic oxidation sites excluding steroid dienone is 3. The highest BCUT2D eigenvalue weighted by atomic mass is 16.8. The van der Waals surface area contributed by atoms with Crippen molar-refractivity contribution >= 4 is 11.6 Å². The van der Waals surface area contributed by atoms with Gasteiger partial charge in [-0.1, -0.05) is 44.1 Å². The van der Waals surface area contributed by atoms with Crippen LogP contribution in [-0.2, 0) is 66.4 Å². The van der Waals surface area contributed by atoms with Crippen molar-refractivity contribution in [3.05, 3.63) is 23.3 Å². The SMILES string of the molecule is COC[C@H]1O[C@H](O[C@H]2C[C@H]3C(=CC[C@@H]4[C@@]3(C)C(=O)C[C@]3(C)[C@@H]5[C@@H](C[C@@]43C)O[C@@H](C=C(C)C)C[C@]5(C)OC)C(C)(C)C2=O)[C@H](OC)[C@@H](OC)[C@@H]1O[C@@H]1O[C@@H](C)[C@H](OC)[C@@H](OC)[C@H]1OC. The fraction of sp³-hybridized carbons (Fsp3) is 0.878. The first-order valence-corrected chi connectivity index (χ1v) is 23.1. The second-order valence-corrected chi connectivity index (χ2v) is 21.2. The van der Waals surface area contributed by atoms with Crippen molar-refractivity contribution in [2.24, 2.45) is 39.4 Å². The van der Waals surface area contributed by atoms with Gasteiger partial charge >= 0.3 is 0 Å². The summed E-state index contributed by atoms with van der Waals surface area (Å²) >= 11 is 0. The van der Waals surface area contributed by atoms with Crippen molar-refractivity contribution in [2.75, 3.05) is 56.4 Å². The van der Waals surface area contributed by atoms with Crippen LogP contribution in [-0.4, -0.2) is 153 Å². The topological polar surface area (TPSA) is 145 Å². The monoisotopic (exact) mass is 891 g/mol.